The molecule has 1 saturated heterocycles. The van der Waals surface area contributed by atoms with Gasteiger partial charge in [0.15, 0.2) is 12.4 Å². The second kappa shape index (κ2) is 35.3. The summed E-state index contributed by atoms with van der Waals surface area (Å²) >= 11 is 0. The summed E-state index contributed by atoms with van der Waals surface area (Å²) in [4.78, 5) is 25.2. The molecule has 3 unspecified atom stereocenters. The van der Waals surface area contributed by atoms with Crippen LogP contribution in [-0.2, 0) is 28.5 Å². The molecular weight excluding hydrogens is 700 g/mol. The Morgan fingerprint density at radius 2 is 1.16 bits per heavy atom. The number of carbonyl (C=O) groups excluding carboxylic acids is 2. The normalized spacial score (nSPS) is 21.5. The maximum absolute atomic E-state index is 12.7. The minimum Gasteiger partial charge on any atom is -0.462 e. The summed E-state index contributed by atoms with van der Waals surface area (Å²) in [6.07, 6.45) is 37.4. The highest BCUT2D eigenvalue weighted by atomic mass is 16.7. The van der Waals surface area contributed by atoms with Gasteiger partial charge in [-0.25, -0.2) is 0 Å². The highest BCUT2D eigenvalue weighted by Crippen LogP contribution is 2.22. The number of esters is 2. The molecule has 1 heterocycles. The van der Waals surface area contributed by atoms with Gasteiger partial charge in [0.05, 0.1) is 13.2 Å². The van der Waals surface area contributed by atoms with Crippen molar-refractivity contribution in [2.75, 3.05) is 19.8 Å². The van der Waals surface area contributed by atoms with Gasteiger partial charge in [-0.05, 0) is 70.6 Å². The number of unbranched alkanes of at least 4 members (excludes halogenated alkanes) is 9. The number of carbonyl (C=O) groups is 2. The maximum Gasteiger partial charge on any atom is 0.306 e. The Balaban J connectivity index is 2.43. The van der Waals surface area contributed by atoms with Crippen LogP contribution in [0.3, 0.4) is 0 Å². The van der Waals surface area contributed by atoms with E-state index in [0.717, 1.165) is 70.6 Å². The smallest absolute Gasteiger partial charge is 0.306 e. The average molecular weight is 773 g/mol. The van der Waals surface area contributed by atoms with Gasteiger partial charge in [-0.1, -0.05) is 131 Å². The van der Waals surface area contributed by atoms with Crippen LogP contribution in [0.2, 0.25) is 0 Å². The Bertz CT molecular complexity index is 1170. The Morgan fingerprint density at radius 1 is 0.600 bits per heavy atom. The summed E-state index contributed by atoms with van der Waals surface area (Å²) in [5.74, 6) is -0.908. The first-order chi connectivity index (χ1) is 26.8. The highest BCUT2D eigenvalue weighted by molar-refractivity contribution is 5.70. The molecular formula is C45H72O10. The molecule has 10 nitrogen and oxygen atoms in total. The van der Waals surface area contributed by atoms with Gasteiger partial charge in [0.1, 0.15) is 31.0 Å². The average Bonchev–Trinajstić information content (AvgIpc) is 3.18. The van der Waals surface area contributed by atoms with Crippen molar-refractivity contribution >= 4 is 11.9 Å². The molecule has 1 rings (SSSR count). The van der Waals surface area contributed by atoms with E-state index >= 15 is 0 Å². The SMILES string of the molecule is CC/C=C/C=C/C=C/CCCCCCCC(=O)OC(COC(=O)CCC/C=C/C/C=C/C/C=C/C/C=C/CCCCC)CO[C@H]1O[C@@H](CO)[C@@H](O)C(O)C1O. The predicted octanol–water partition coefficient (Wildman–Crippen LogP) is 8.21. The molecule has 312 valence electrons. The molecule has 0 aromatic carbocycles. The van der Waals surface area contributed by atoms with E-state index in [1.807, 2.05) is 24.3 Å². The fraction of sp³-hybridized carbons (Fsp3) is 0.644. The van der Waals surface area contributed by atoms with E-state index in [0.29, 0.717) is 12.8 Å². The lowest BCUT2D eigenvalue weighted by molar-refractivity contribution is -0.305. The van der Waals surface area contributed by atoms with Gasteiger partial charge >= 0.3 is 11.9 Å². The molecule has 0 radical (unpaired) electrons. The van der Waals surface area contributed by atoms with Crippen LogP contribution in [0.4, 0.5) is 0 Å². The van der Waals surface area contributed by atoms with Crippen molar-refractivity contribution in [1.29, 1.82) is 0 Å². The van der Waals surface area contributed by atoms with E-state index in [9.17, 15) is 30.0 Å². The summed E-state index contributed by atoms with van der Waals surface area (Å²) in [5, 5.41) is 40.0. The van der Waals surface area contributed by atoms with Gasteiger partial charge in [0.2, 0.25) is 0 Å². The van der Waals surface area contributed by atoms with Crippen LogP contribution < -0.4 is 0 Å². The quantitative estimate of drug-likeness (QED) is 0.0228. The third-order valence-electron chi connectivity index (χ3n) is 8.83. The summed E-state index contributed by atoms with van der Waals surface area (Å²) < 4.78 is 22.0. The number of aliphatic hydroxyl groups excluding tert-OH is 4. The first-order valence-corrected chi connectivity index (χ1v) is 20.7. The second-order valence-corrected chi connectivity index (χ2v) is 13.8. The standard InChI is InChI=1S/C45H72O10/c1-3-5-7-9-11-13-15-17-18-19-20-22-23-25-27-29-31-33-40(47)52-36-38(37-53-45-44(51)43(50)42(49)39(35-46)55-45)54-41(48)34-32-30-28-26-24-21-16-14-12-10-8-6-4-2/h6,8,10-14,16-18,20,22,25,27,38-39,42-46,49-51H,3-5,7,9,15,19,21,23-24,26,28-37H2,1-2H3/b8-6+,12-10+,13-11+,16-14+,18-17+,22-20+,27-25+/t38?,39-,42+,43?,44?,45-/m0/s1. The van der Waals surface area contributed by atoms with Gasteiger partial charge in [0, 0.05) is 12.8 Å². The number of rotatable bonds is 32. The van der Waals surface area contributed by atoms with E-state index in [2.05, 4.69) is 74.6 Å². The fourth-order valence-corrected chi connectivity index (χ4v) is 5.53. The zero-order valence-electron chi connectivity index (χ0n) is 33.6. The van der Waals surface area contributed by atoms with Crippen molar-refractivity contribution in [3.63, 3.8) is 0 Å². The Hall–Kier alpha value is -3.12. The number of ether oxygens (including phenoxy) is 4. The molecule has 10 heteroatoms. The van der Waals surface area contributed by atoms with Gasteiger partial charge in [0.25, 0.3) is 0 Å². The zero-order valence-corrected chi connectivity index (χ0v) is 33.6. The van der Waals surface area contributed by atoms with E-state index in [4.69, 9.17) is 18.9 Å². The number of aliphatic hydroxyl groups is 4. The van der Waals surface area contributed by atoms with Crippen LogP contribution in [0.15, 0.2) is 85.1 Å². The zero-order chi connectivity index (χ0) is 40.2. The molecule has 0 saturated carbocycles. The molecule has 0 amide bonds. The lowest BCUT2D eigenvalue weighted by Crippen LogP contribution is -2.59. The summed E-state index contributed by atoms with van der Waals surface area (Å²) in [7, 11) is 0. The molecule has 0 spiro atoms. The van der Waals surface area contributed by atoms with Crippen LogP contribution in [0.5, 0.6) is 0 Å². The molecule has 0 aliphatic carbocycles. The fourth-order valence-electron chi connectivity index (χ4n) is 5.53. The molecule has 0 aromatic heterocycles. The molecule has 6 atom stereocenters. The van der Waals surface area contributed by atoms with E-state index < -0.39 is 55.4 Å². The molecule has 0 bridgehead atoms. The van der Waals surface area contributed by atoms with Crippen LogP contribution in [0.25, 0.3) is 0 Å². The Labute approximate surface area is 331 Å². The minimum absolute atomic E-state index is 0.190. The molecule has 55 heavy (non-hydrogen) atoms. The third-order valence-corrected chi connectivity index (χ3v) is 8.83. The van der Waals surface area contributed by atoms with Crippen molar-refractivity contribution < 1.29 is 49.0 Å². The van der Waals surface area contributed by atoms with Crippen LogP contribution in [0.1, 0.15) is 129 Å². The van der Waals surface area contributed by atoms with Crippen LogP contribution in [0, 0.1) is 0 Å². The Morgan fingerprint density at radius 3 is 1.82 bits per heavy atom. The second-order valence-electron chi connectivity index (χ2n) is 13.8. The van der Waals surface area contributed by atoms with Crippen LogP contribution >= 0.6 is 0 Å². The first-order valence-electron chi connectivity index (χ1n) is 20.7. The van der Waals surface area contributed by atoms with Crippen molar-refractivity contribution in [2.45, 2.75) is 166 Å². The minimum atomic E-state index is -1.61. The van der Waals surface area contributed by atoms with Gasteiger partial charge in [-0.2, -0.15) is 0 Å². The van der Waals surface area contributed by atoms with Crippen LogP contribution in [-0.4, -0.2) is 89.0 Å². The number of hydrogen-bond acceptors (Lipinski definition) is 10. The monoisotopic (exact) mass is 773 g/mol. The number of hydrogen-bond donors (Lipinski definition) is 4. The predicted molar refractivity (Wildman–Crippen MR) is 219 cm³/mol. The largest absolute Gasteiger partial charge is 0.462 e. The maximum atomic E-state index is 12.7. The third kappa shape index (κ3) is 27.2. The lowest BCUT2D eigenvalue weighted by Gasteiger charge is -2.39. The van der Waals surface area contributed by atoms with E-state index in [1.165, 1.54) is 19.3 Å². The lowest BCUT2D eigenvalue weighted by atomic mass is 9.99. The van der Waals surface area contributed by atoms with Gasteiger partial charge in [-0.3, -0.25) is 9.59 Å². The van der Waals surface area contributed by atoms with Crippen molar-refractivity contribution in [1.82, 2.24) is 0 Å². The summed E-state index contributed by atoms with van der Waals surface area (Å²) in [6.45, 7) is 3.15. The van der Waals surface area contributed by atoms with Crippen molar-refractivity contribution in [2.24, 2.45) is 0 Å². The molecule has 4 N–H and O–H groups in total. The van der Waals surface area contributed by atoms with Gasteiger partial charge < -0.3 is 39.4 Å². The number of allylic oxidation sites excluding steroid dienone is 14. The van der Waals surface area contributed by atoms with Gasteiger partial charge in [-0.15, -0.1) is 0 Å². The highest BCUT2D eigenvalue weighted by Gasteiger charge is 2.44. The molecule has 1 aliphatic rings. The van der Waals surface area contributed by atoms with Crippen molar-refractivity contribution in [3.8, 4) is 0 Å². The molecule has 1 fully saturated rings. The Kier molecular flexibility index (Phi) is 32.0. The molecule has 1 aliphatic heterocycles. The molecule has 0 aromatic rings. The van der Waals surface area contributed by atoms with E-state index in [1.54, 1.807) is 0 Å². The first kappa shape index (κ1) is 49.9. The van der Waals surface area contributed by atoms with Crippen molar-refractivity contribution in [3.05, 3.63) is 85.1 Å². The summed E-state index contributed by atoms with van der Waals surface area (Å²) in [6, 6.07) is 0. The topological polar surface area (TPSA) is 152 Å². The van der Waals surface area contributed by atoms with E-state index in [-0.39, 0.29) is 26.1 Å². The summed E-state index contributed by atoms with van der Waals surface area (Å²) in [5.41, 5.74) is 0.